The van der Waals surface area contributed by atoms with Crippen LogP contribution in [0.15, 0.2) is 12.2 Å². The Morgan fingerprint density at radius 3 is 2.27 bits per heavy atom. The molecule has 90 valence electrons. The molecule has 2 atom stereocenters. The average molecular weight is 212 g/mol. The zero-order valence-corrected chi connectivity index (χ0v) is 11.1. The SMILES string of the molecule is C=C(CC)CC(CC(C)C(C)(C)C)NN. The van der Waals surface area contributed by atoms with Crippen molar-refractivity contribution in [1.82, 2.24) is 5.43 Å². The summed E-state index contributed by atoms with van der Waals surface area (Å²) < 4.78 is 0. The Hall–Kier alpha value is -0.340. The van der Waals surface area contributed by atoms with Gasteiger partial charge in [0.15, 0.2) is 0 Å². The molecule has 0 spiro atoms. The molecule has 0 aromatic heterocycles. The van der Waals surface area contributed by atoms with E-state index >= 15 is 0 Å². The first kappa shape index (κ1) is 14.7. The molecule has 0 saturated carbocycles. The Morgan fingerprint density at radius 1 is 1.40 bits per heavy atom. The third-order valence-electron chi connectivity index (χ3n) is 3.39. The Bertz CT molecular complexity index is 191. The highest BCUT2D eigenvalue weighted by Crippen LogP contribution is 2.30. The van der Waals surface area contributed by atoms with E-state index in [2.05, 4.69) is 46.6 Å². The molecule has 3 N–H and O–H groups in total. The molecule has 0 aliphatic heterocycles. The minimum atomic E-state index is 0.350. The maximum absolute atomic E-state index is 5.58. The van der Waals surface area contributed by atoms with E-state index in [4.69, 9.17) is 5.84 Å². The molecule has 0 radical (unpaired) electrons. The van der Waals surface area contributed by atoms with Gasteiger partial charge in [-0.15, -0.1) is 0 Å². The van der Waals surface area contributed by atoms with Crippen LogP contribution in [-0.4, -0.2) is 6.04 Å². The zero-order valence-electron chi connectivity index (χ0n) is 11.1. The first-order valence-electron chi connectivity index (χ1n) is 5.94. The molecule has 0 aromatic carbocycles. The van der Waals surface area contributed by atoms with E-state index in [1.165, 1.54) is 5.57 Å². The number of nitrogens with one attached hydrogen (secondary N) is 1. The van der Waals surface area contributed by atoms with Crippen molar-refractivity contribution >= 4 is 0 Å². The van der Waals surface area contributed by atoms with Crippen LogP contribution in [0.2, 0.25) is 0 Å². The second-order valence-corrected chi connectivity index (χ2v) is 5.67. The number of hydrogen-bond donors (Lipinski definition) is 2. The lowest BCUT2D eigenvalue weighted by atomic mass is 9.78. The van der Waals surface area contributed by atoms with E-state index in [1.54, 1.807) is 0 Å². The third kappa shape index (κ3) is 5.95. The molecular formula is C13H28N2. The molecule has 0 heterocycles. The molecular weight excluding hydrogens is 184 g/mol. The standard InChI is InChI=1S/C13H28N2/c1-7-10(2)8-12(15-14)9-11(3)13(4,5)6/h11-12,15H,2,7-9,14H2,1,3-6H3. The van der Waals surface area contributed by atoms with Crippen LogP contribution in [0.4, 0.5) is 0 Å². The van der Waals surface area contributed by atoms with Crippen LogP contribution >= 0.6 is 0 Å². The summed E-state index contributed by atoms with van der Waals surface area (Å²) in [7, 11) is 0. The summed E-state index contributed by atoms with van der Waals surface area (Å²) in [4.78, 5) is 0. The predicted molar refractivity (Wildman–Crippen MR) is 68.4 cm³/mol. The van der Waals surface area contributed by atoms with Crippen LogP contribution in [0.1, 0.15) is 53.9 Å². The van der Waals surface area contributed by atoms with Crippen LogP contribution < -0.4 is 11.3 Å². The molecule has 0 aliphatic carbocycles. The van der Waals surface area contributed by atoms with Crippen molar-refractivity contribution in [2.45, 2.75) is 59.9 Å². The first-order valence-corrected chi connectivity index (χ1v) is 5.94. The molecule has 0 bridgehead atoms. The number of nitrogens with two attached hydrogens (primary N) is 1. The van der Waals surface area contributed by atoms with Crippen LogP contribution in [0.5, 0.6) is 0 Å². The van der Waals surface area contributed by atoms with Crippen molar-refractivity contribution in [3.05, 3.63) is 12.2 Å². The van der Waals surface area contributed by atoms with Gasteiger partial charge in [0.25, 0.3) is 0 Å². The molecule has 15 heavy (non-hydrogen) atoms. The Morgan fingerprint density at radius 2 is 1.93 bits per heavy atom. The highest BCUT2D eigenvalue weighted by molar-refractivity contribution is 4.96. The maximum atomic E-state index is 5.58. The Balaban J connectivity index is 4.16. The van der Waals surface area contributed by atoms with E-state index in [0.29, 0.717) is 17.4 Å². The lowest BCUT2D eigenvalue weighted by Crippen LogP contribution is -2.38. The van der Waals surface area contributed by atoms with Crippen LogP contribution in [0.25, 0.3) is 0 Å². The third-order valence-corrected chi connectivity index (χ3v) is 3.39. The lowest BCUT2D eigenvalue weighted by Gasteiger charge is -2.30. The highest BCUT2D eigenvalue weighted by Gasteiger charge is 2.23. The minimum absolute atomic E-state index is 0.350. The van der Waals surface area contributed by atoms with Gasteiger partial charge in [0.1, 0.15) is 0 Å². The summed E-state index contributed by atoms with van der Waals surface area (Å²) in [6.45, 7) is 15.3. The van der Waals surface area contributed by atoms with Gasteiger partial charge in [-0.05, 0) is 30.6 Å². The number of rotatable bonds is 6. The Kier molecular flexibility index (Phi) is 6.15. The van der Waals surface area contributed by atoms with E-state index in [9.17, 15) is 0 Å². The quantitative estimate of drug-likeness (QED) is 0.403. The first-order chi connectivity index (χ1) is 6.81. The van der Waals surface area contributed by atoms with Gasteiger partial charge < -0.3 is 0 Å². The summed E-state index contributed by atoms with van der Waals surface area (Å²) in [5, 5.41) is 0. The molecule has 2 nitrogen and oxygen atoms in total. The molecule has 0 saturated heterocycles. The van der Waals surface area contributed by atoms with Crippen LogP contribution in [-0.2, 0) is 0 Å². The van der Waals surface area contributed by atoms with Crippen molar-refractivity contribution in [2.75, 3.05) is 0 Å². The van der Waals surface area contributed by atoms with E-state index in [-0.39, 0.29) is 0 Å². The van der Waals surface area contributed by atoms with Crippen LogP contribution in [0, 0.1) is 11.3 Å². The second-order valence-electron chi connectivity index (χ2n) is 5.67. The molecule has 0 fully saturated rings. The van der Waals surface area contributed by atoms with Gasteiger partial charge in [-0.25, -0.2) is 0 Å². The van der Waals surface area contributed by atoms with Gasteiger partial charge in [-0.2, -0.15) is 0 Å². The fraction of sp³-hybridized carbons (Fsp3) is 0.846. The largest absolute Gasteiger partial charge is 0.271 e. The summed E-state index contributed by atoms with van der Waals surface area (Å²) in [5.74, 6) is 6.23. The van der Waals surface area contributed by atoms with E-state index in [0.717, 1.165) is 19.3 Å². The van der Waals surface area contributed by atoms with Crippen LogP contribution in [0.3, 0.4) is 0 Å². The van der Waals surface area contributed by atoms with Gasteiger partial charge in [0.2, 0.25) is 0 Å². The van der Waals surface area contributed by atoms with Gasteiger partial charge in [-0.1, -0.05) is 46.8 Å². The highest BCUT2D eigenvalue weighted by atomic mass is 15.2. The maximum Gasteiger partial charge on any atom is 0.0250 e. The molecule has 2 heteroatoms. The van der Waals surface area contributed by atoms with E-state index < -0.39 is 0 Å². The summed E-state index contributed by atoms with van der Waals surface area (Å²) in [5.41, 5.74) is 4.54. The topological polar surface area (TPSA) is 38.0 Å². The van der Waals surface area contributed by atoms with Gasteiger partial charge in [0, 0.05) is 6.04 Å². The van der Waals surface area contributed by atoms with Crippen molar-refractivity contribution in [3.8, 4) is 0 Å². The fourth-order valence-corrected chi connectivity index (χ4v) is 1.48. The molecule has 0 aromatic rings. The normalized spacial score (nSPS) is 16.1. The summed E-state index contributed by atoms with van der Waals surface area (Å²) in [6.07, 6.45) is 3.15. The second kappa shape index (κ2) is 6.29. The molecule has 0 aliphatic rings. The van der Waals surface area contributed by atoms with Crippen molar-refractivity contribution in [3.63, 3.8) is 0 Å². The fourth-order valence-electron chi connectivity index (χ4n) is 1.48. The minimum Gasteiger partial charge on any atom is -0.271 e. The number of hydrazine groups is 1. The van der Waals surface area contributed by atoms with Crippen molar-refractivity contribution in [2.24, 2.45) is 17.2 Å². The smallest absolute Gasteiger partial charge is 0.0250 e. The summed E-state index contributed by atoms with van der Waals surface area (Å²) >= 11 is 0. The molecule has 2 unspecified atom stereocenters. The lowest BCUT2D eigenvalue weighted by molar-refractivity contribution is 0.222. The van der Waals surface area contributed by atoms with Crippen molar-refractivity contribution in [1.29, 1.82) is 0 Å². The monoisotopic (exact) mass is 212 g/mol. The van der Waals surface area contributed by atoms with E-state index in [1.807, 2.05) is 0 Å². The van der Waals surface area contributed by atoms with Crippen molar-refractivity contribution < 1.29 is 0 Å². The molecule has 0 amide bonds. The zero-order chi connectivity index (χ0) is 12.1. The molecule has 0 rings (SSSR count). The predicted octanol–water partition coefficient (Wildman–Crippen LogP) is 3.25. The Labute approximate surface area is 95.3 Å². The van der Waals surface area contributed by atoms with Gasteiger partial charge in [0.05, 0.1) is 0 Å². The van der Waals surface area contributed by atoms with Gasteiger partial charge >= 0.3 is 0 Å². The van der Waals surface area contributed by atoms with Gasteiger partial charge in [-0.3, -0.25) is 11.3 Å². The number of hydrogen-bond acceptors (Lipinski definition) is 2. The average Bonchev–Trinajstić information content (AvgIpc) is 2.14. The summed E-state index contributed by atoms with van der Waals surface area (Å²) in [6, 6.07) is 0.367.